The molecule has 18 heavy (non-hydrogen) atoms. The van der Waals surface area contributed by atoms with E-state index in [1.54, 1.807) is 18.2 Å². The van der Waals surface area contributed by atoms with Crippen LogP contribution in [0.15, 0.2) is 40.0 Å². The van der Waals surface area contributed by atoms with Gasteiger partial charge >= 0.3 is 0 Å². The first kappa shape index (κ1) is 13.0. The fourth-order valence-corrected chi connectivity index (χ4v) is 2.32. The third kappa shape index (κ3) is 2.51. The number of benzene rings is 1. The van der Waals surface area contributed by atoms with E-state index in [-0.39, 0.29) is 4.90 Å². The highest BCUT2D eigenvalue weighted by molar-refractivity contribution is 9.10. The lowest BCUT2D eigenvalue weighted by molar-refractivity contribution is 0.112. The number of hydrogen-bond acceptors (Lipinski definition) is 4. The van der Waals surface area contributed by atoms with Crippen molar-refractivity contribution in [1.29, 1.82) is 0 Å². The van der Waals surface area contributed by atoms with E-state index in [4.69, 9.17) is 0 Å². The topological polar surface area (TPSA) is 69.0 Å². The van der Waals surface area contributed by atoms with Gasteiger partial charge in [0.15, 0.2) is 16.1 Å². The van der Waals surface area contributed by atoms with Crippen LogP contribution in [0.25, 0.3) is 5.69 Å². The van der Waals surface area contributed by atoms with Crippen LogP contribution in [0.4, 0.5) is 0 Å². The van der Waals surface area contributed by atoms with Crippen LogP contribution in [0, 0.1) is 0 Å². The zero-order valence-corrected chi connectivity index (χ0v) is 11.8. The first-order chi connectivity index (χ1) is 8.41. The molecule has 0 bridgehead atoms. The molecule has 2 rings (SSSR count). The van der Waals surface area contributed by atoms with Gasteiger partial charge in [-0.3, -0.25) is 4.79 Å². The summed E-state index contributed by atoms with van der Waals surface area (Å²) in [5.74, 6) is 0. The monoisotopic (exact) mass is 328 g/mol. The van der Waals surface area contributed by atoms with Gasteiger partial charge in [-0.25, -0.2) is 13.1 Å². The number of carbonyl (C=O) groups is 1. The fraction of sp³-hybridized carbons (Fsp3) is 0.0909. The molecule has 0 aliphatic rings. The van der Waals surface area contributed by atoms with Gasteiger partial charge in [0.05, 0.1) is 11.9 Å². The molecule has 0 spiro atoms. The van der Waals surface area contributed by atoms with E-state index in [1.165, 1.54) is 17.1 Å². The second-order valence-corrected chi connectivity index (χ2v) is 6.65. The Hall–Kier alpha value is -1.47. The molecule has 0 unspecified atom stereocenters. The molecule has 94 valence electrons. The van der Waals surface area contributed by atoms with Gasteiger partial charge in [0.1, 0.15) is 4.90 Å². The third-order valence-corrected chi connectivity index (χ3v) is 3.91. The standard InChI is InChI=1S/C11H9BrN2O3S/c1-18(16,17)10-5-13-14(6-10)11-4-9(12)3-2-8(11)7-15/h2-7H,1H3. The van der Waals surface area contributed by atoms with Crippen molar-refractivity contribution in [3.63, 3.8) is 0 Å². The zero-order valence-electron chi connectivity index (χ0n) is 9.37. The van der Waals surface area contributed by atoms with Crippen LogP contribution in [0.5, 0.6) is 0 Å². The van der Waals surface area contributed by atoms with Crippen molar-refractivity contribution in [3.8, 4) is 5.69 Å². The van der Waals surface area contributed by atoms with Crippen LogP contribution >= 0.6 is 15.9 Å². The largest absolute Gasteiger partial charge is 0.298 e. The van der Waals surface area contributed by atoms with E-state index < -0.39 is 9.84 Å². The van der Waals surface area contributed by atoms with Crippen molar-refractivity contribution in [1.82, 2.24) is 9.78 Å². The lowest BCUT2D eigenvalue weighted by atomic mass is 10.2. The molecule has 5 nitrogen and oxygen atoms in total. The Bertz CT molecular complexity index is 707. The number of rotatable bonds is 3. The van der Waals surface area contributed by atoms with Gasteiger partial charge in [0.2, 0.25) is 0 Å². The minimum Gasteiger partial charge on any atom is -0.298 e. The van der Waals surface area contributed by atoms with Crippen molar-refractivity contribution in [2.75, 3.05) is 6.26 Å². The molecule has 0 saturated heterocycles. The molecule has 1 aromatic heterocycles. The Morgan fingerprint density at radius 3 is 2.67 bits per heavy atom. The van der Waals surface area contributed by atoms with Crippen LogP contribution in [-0.4, -0.2) is 30.7 Å². The van der Waals surface area contributed by atoms with Gasteiger partial charge in [-0.2, -0.15) is 5.10 Å². The van der Waals surface area contributed by atoms with Crippen molar-refractivity contribution in [2.45, 2.75) is 4.90 Å². The van der Waals surface area contributed by atoms with Gasteiger partial charge in [-0.15, -0.1) is 0 Å². The van der Waals surface area contributed by atoms with Crippen molar-refractivity contribution >= 4 is 32.1 Å². The van der Waals surface area contributed by atoms with Crippen molar-refractivity contribution in [2.24, 2.45) is 0 Å². The smallest absolute Gasteiger partial charge is 0.178 e. The zero-order chi connectivity index (χ0) is 13.3. The second-order valence-electron chi connectivity index (χ2n) is 3.71. The summed E-state index contributed by atoms with van der Waals surface area (Å²) in [6.07, 6.45) is 4.44. The highest BCUT2D eigenvalue weighted by atomic mass is 79.9. The summed E-state index contributed by atoms with van der Waals surface area (Å²) in [6, 6.07) is 5.06. The molecule has 0 atom stereocenters. The van der Waals surface area contributed by atoms with Gasteiger partial charge in [-0.05, 0) is 18.2 Å². The molecule has 2 aromatic rings. The van der Waals surface area contributed by atoms with Crippen LogP contribution in [0.3, 0.4) is 0 Å². The van der Waals surface area contributed by atoms with E-state index in [1.807, 2.05) is 0 Å². The van der Waals surface area contributed by atoms with Crippen LogP contribution in [0.1, 0.15) is 10.4 Å². The normalized spacial score (nSPS) is 11.4. The van der Waals surface area contributed by atoms with Gasteiger partial charge < -0.3 is 0 Å². The number of aldehydes is 1. The molecule has 0 aliphatic heterocycles. The Morgan fingerprint density at radius 2 is 2.11 bits per heavy atom. The average Bonchev–Trinajstić information content (AvgIpc) is 2.77. The maximum atomic E-state index is 11.4. The average molecular weight is 329 g/mol. The highest BCUT2D eigenvalue weighted by Gasteiger charge is 2.12. The minimum atomic E-state index is -3.30. The van der Waals surface area contributed by atoms with Crippen LogP contribution < -0.4 is 0 Å². The van der Waals surface area contributed by atoms with Crippen molar-refractivity contribution in [3.05, 3.63) is 40.6 Å². The molecule has 0 saturated carbocycles. The summed E-state index contributed by atoms with van der Waals surface area (Å²) >= 11 is 3.29. The fourth-order valence-electron chi connectivity index (χ4n) is 1.44. The van der Waals surface area contributed by atoms with E-state index in [0.717, 1.165) is 10.7 Å². The SMILES string of the molecule is CS(=O)(=O)c1cnn(-c2cc(Br)ccc2C=O)c1. The predicted molar refractivity (Wildman–Crippen MR) is 69.8 cm³/mol. The quantitative estimate of drug-likeness (QED) is 0.806. The number of aromatic nitrogens is 2. The molecule has 0 N–H and O–H groups in total. The first-order valence-electron chi connectivity index (χ1n) is 4.91. The molecule has 0 aliphatic carbocycles. The number of halogens is 1. The maximum absolute atomic E-state index is 11.4. The summed E-state index contributed by atoms with van der Waals surface area (Å²) in [6.45, 7) is 0. The summed E-state index contributed by atoms with van der Waals surface area (Å²) in [7, 11) is -3.30. The number of carbonyl (C=O) groups excluding carboxylic acids is 1. The van der Waals surface area contributed by atoms with E-state index >= 15 is 0 Å². The molecular weight excluding hydrogens is 320 g/mol. The number of nitrogens with zero attached hydrogens (tertiary/aromatic N) is 2. The maximum Gasteiger partial charge on any atom is 0.178 e. The molecule has 0 fully saturated rings. The molecule has 1 heterocycles. The Kier molecular flexibility index (Phi) is 3.36. The molecule has 0 radical (unpaired) electrons. The van der Waals surface area contributed by atoms with E-state index in [2.05, 4.69) is 21.0 Å². The van der Waals surface area contributed by atoms with E-state index in [9.17, 15) is 13.2 Å². The molecule has 7 heteroatoms. The Labute approximate surface area is 112 Å². The van der Waals surface area contributed by atoms with Crippen LogP contribution in [0.2, 0.25) is 0 Å². The number of hydrogen-bond donors (Lipinski definition) is 0. The summed E-state index contributed by atoms with van der Waals surface area (Å²) in [4.78, 5) is 11.1. The Morgan fingerprint density at radius 1 is 1.39 bits per heavy atom. The highest BCUT2D eigenvalue weighted by Crippen LogP contribution is 2.20. The van der Waals surface area contributed by atoms with Crippen molar-refractivity contribution < 1.29 is 13.2 Å². The van der Waals surface area contributed by atoms with Gasteiger partial charge in [0.25, 0.3) is 0 Å². The van der Waals surface area contributed by atoms with Gasteiger partial charge in [0, 0.05) is 22.5 Å². The summed E-state index contributed by atoms with van der Waals surface area (Å²) in [5.41, 5.74) is 0.954. The lowest BCUT2D eigenvalue weighted by Gasteiger charge is -2.05. The van der Waals surface area contributed by atoms with Gasteiger partial charge in [-0.1, -0.05) is 15.9 Å². The van der Waals surface area contributed by atoms with Crippen LogP contribution in [-0.2, 0) is 9.84 Å². The summed E-state index contributed by atoms with van der Waals surface area (Å²) < 4.78 is 24.9. The predicted octanol–water partition coefficient (Wildman–Crippen LogP) is 1.85. The third-order valence-electron chi connectivity index (χ3n) is 2.35. The molecular formula is C11H9BrN2O3S. The Balaban J connectivity index is 2.59. The molecule has 1 aromatic carbocycles. The second kappa shape index (κ2) is 4.66. The van der Waals surface area contributed by atoms with E-state index in [0.29, 0.717) is 17.5 Å². The summed E-state index contributed by atoms with van der Waals surface area (Å²) in [5, 5.41) is 3.96. The first-order valence-corrected chi connectivity index (χ1v) is 7.60. The minimum absolute atomic E-state index is 0.110. The molecule has 0 amide bonds. The lowest BCUT2D eigenvalue weighted by Crippen LogP contribution is -2.00. The number of sulfone groups is 1.